The van der Waals surface area contributed by atoms with Gasteiger partial charge in [-0.2, -0.15) is 0 Å². The third-order valence-electron chi connectivity index (χ3n) is 17.2. The molecular formula is C93H72O15. The number of hydrogen-bond acceptors (Lipinski definition) is 15. The molecule has 0 aliphatic carbocycles. The quantitative estimate of drug-likeness (QED) is 0.0190. The molecule has 0 saturated heterocycles. The van der Waals surface area contributed by atoms with E-state index in [0.29, 0.717) is 52.1 Å². The minimum Gasteiger partial charge on any atom is -0.460 e. The maximum absolute atomic E-state index is 13.8. The summed E-state index contributed by atoms with van der Waals surface area (Å²) in [6, 6.07) is 104. The van der Waals surface area contributed by atoms with Gasteiger partial charge in [0.2, 0.25) is 0 Å². The van der Waals surface area contributed by atoms with E-state index in [1.165, 1.54) is 0 Å². The summed E-state index contributed by atoms with van der Waals surface area (Å²) in [5.41, 5.74) is 0.799. The fourth-order valence-electron chi connectivity index (χ4n) is 12.0. The van der Waals surface area contributed by atoms with Crippen molar-refractivity contribution in [3.05, 3.63) is 290 Å². The first kappa shape index (κ1) is 73.9. The normalized spacial score (nSPS) is 10.9. The number of rotatable bonds is 27. The zero-order chi connectivity index (χ0) is 74.2. The number of carbonyl (C=O) groups excluding carboxylic acids is 3. The topological polar surface area (TPSA) is 195 Å². The third-order valence-corrected chi connectivity index (χ3v) is 17.2. The van der Waals surface area contributed by atoms with Crippen molar-refractivity contribution in [3.8, 4) is 0 Å². The summed E-state index contributed by atoms with van der Waals surface area (Å²) in [7, 11) is 0. The second kappa shape index (κ2) is 37.0. The van der Waals surface area contributed by atoms with Crippen molar-refractivity contribution < 1.29 is 72.3 Å². The van der Waals surface area contributed by atoms with E-state index in [1.807, 2.05) is 127 Å². The Bertz CT molecular complexity index is 4950. The molecule has 108 heavy (non-hydrogen) atoms. The molecule has 13 rings (SSSR count). The fourth-order valence-corrected chi connectivity index (χ4v) is 12.0. The molecule has 0 aliphatic heterocycles. The molecule has 0 heterocycles. The molecule has 0 unspecified atom stereocenters. The van der Waals surface area contributed by atoms with Gasteiger partial charge in [-0.25, -0.2) is 14.4 Å². The summed E-state index contributed by atoms with van der Waals surface area (Å²) in [5.74, 6) is -1.70. The summed E-state index contributed by atoms with van der Waals surface area (Å²) in [6.07, 6.45) is 0. The van der Waals surface area contributed by atoms with E-state index in [0.717, 1.165) is 97.0 Å². The number of aliphatic hydroxyl groups is 3. The van der Waals surface area contributed by atoms with Crippen LogP contribution >= 0.6 is 0 Å². The van der Waals surface area contributed by atoms with Gasteiger partial charge in [0.1, 0.15) is 19.8 Å². The Balaban J connectivity index is 0.915. The molecule has 0 saturated carbocycles. The lowest BCUT2D eigenvalue weighted by Crippen LogP contribution is -2.13. The molecule has 0 aliphatic rings. The second-order valence-electron chi connectivity index (χ2n) is 25.1. The smallest absolute Gasteiger partial charge is 0.338 e. The standard InChI is InChI=1S/C93H72O15/c94-25-28-100-31-34-103-37-40-106-91(97)88-52-70-7-1-64-13-19-76-58-77-20-14-66(47-83(77)61-82(76)46-64)3-9-72-44-73(55-89(54-72)92(98)107-41-38-104-35-32-101-29-26-95)10-4-68-17-23-80-60-81-24-18-69(51-87(81)63-86(80)50-68)6-12-75-45-74(56-90(57-75)93(99)108-42-39-105-36-33-102-30-27-96)11-5-67-16-22-79-59-78-21-15-65(2-8-71(43-70)53-88)48-84(78)62-85(79)49-67/h13-24,43-63,94-96H,25-42H2. The fraction of sp³-hybridized carbons (Fsp3) is 0.194. The third kappa shape index (κ3) is 20.6. The molecule has 0 spiro atoms. The molecule has 0 atom stereocenters. The minimum absolute atomic E-state index is 0.00114. The van der Waals surface area contributed by atoms with Crippen molar-refractivity contribution in [2.75, 3.05) is 119 Å². The van der Waals surface area contributed by atoms with Crippen LogP contribution in [0.5, 0.6) is 0 Å². The van der Waals surface area contributed by atoms with E-state index in [2.05, 4.69) is 109 Å². The molecule has 18 bridgehead atoms. The van der Waals surface area contributed by atoms with Crippen molar-refractivity contribution in [2.24, 2.45) is 0 Å². The molecule has 0 aromatic heterocycles. The first-order valence-electron chi connectivity index (χ1n) is 35.3. The summed E-state index contributed by atoms with van der Waals surface area (Å²) in [5, 5.41) is 46.7. The molecule has 534 valence electrons. The molecule has 13 aromatic rings. The highest BCUT2D eigenvalue weighted by Gasteiger charge is 2.12. The summed E-state index contributed by atoms with van der Waals surface area (Å²) in [6.45, 7) is 2.50. The van der Waals surface area contributed by atoms with E-state index in [4.69, 9.17) is 58.0 Å². The summed E-state index contributed by atoms with van der Waals surface area (Å²) in [4.78, 5) is 41.3. The highest BCUT2D eigenvalue weighted by Crippen LogP contribution is 2.29. The average Bonchev–Trinajstić information content (AvgIpc) is 0.791. The van der Waals surface area contributed by atoms with Crippen LogP contribution in [0.2, 0.25) is 0 Å². The predicted octanol–water partition coefficient (Wildman–Crippen LogP) is 15.7. The van der Waals surface area contributed by atoms with Crippen LogP contribution < -0.4 is 0 Å². The molecule has 3 N–H and O–H groups in total. The van der Waals surface area contributed by atoms with Gasteiger partial charge in [-0.15, -0.1) is 0 Å². The van der Waals surface area contributed by atoms with Crippen molar-refractivity contribution in [2.45, 2.75) is 0 Å². The Morgan fingerprint density at radius 1 is 0.194 bits per heavy atom. The lowest BCUT2D eigenvalue weighted by Gasteiger charge is -2.06. The molecule has 15 nitrogen and oxygen atoms in total. The Kier molecular flexibility index (Phi) is 25.3. The van der Waals surface area contributed by atoms with Crippen LogP contribution in [0.25, 0.3) is 129 Å². The van der Waals surface area contributed by atoms with E-state index >= 15 is 0 Å². The highest BCUT2D eigenvalue weighted by atomic mass is 16.6. The first-order chi connectivity index (χ1) is 53.0. The monoisotopic (exact) mass is 1430 g/mol. The zero-order valence-corrected chi connectivity index (χ0v) is 59.0. The van der Waals surface area contributed by atoms with Crippen LogP contribution in [0.4, 0.5) is 0 Å². The SMILES string of the molecule is O=C(OCCOCCOCCO)c1cc2c#cc3ccc4cc5ccc(c#cc6cc(C(=O)OCCOCCOCCO)cc(c#cc7ccc8cc9ccc(c#cc%10cc(C(=O)OCCOCCOCCO)cc(c#cc%11ccc%12cc%13ccc(c#cc(c1)c2)cc%13cc%12c%11)c%10)cc9cc8c7)c6)cc5cc4c3. The number of esters is 3. The Morgan fingerprint density at radius 2 is 0.370 bits per heavy atom. The molecule has 0 radical (unpaired) electrons. The second-order valence-corrected chi connectivity index (χ2v) is 25.1. The lowest BCUT2D eigenvalue weighted by atomic mass is 10.0. The predicted molar refractivity (Wildman–Crippen MR) is 419 cm³/mol. The molecule has 0 amide bonds. The average molecular weight is 1430 g/mol. The Labute approximate surface area is 624 Å². The van der Waals surface area contributed by atoms with Crippen molar-refractivity contribution >= 4 is 147 Å². The van der Waals surface area contributed by atoms with Gasteiger partial charge >= 0.3 is 17.9 Å². The van der Waals surface area contributed by atoms with Crippen molar-refractivity contribution in [3.63, 3.8) is 0 Å². The lowest BCUT2D eigenvalue weighted by molar-refractivity contribution is 0.00903. The van der Waals surface area contributed by atoms with Crippen LogP contribution in [0.3, 0.4) is 0 Å². The van der Waals surface area contributed by atoms with Gasteiger partial charge < -0.3 is 58.0 Å². The van der Waals surface area contributed by atoms with E-state index < -0.39 is 17.9 Å². The van der Waals surface area contributed by atoms with Crippen LogP contribution in [0.1, 0.15) is 31.1 Å². The van der Waals surface area contributed by atoms with Crippen LogP contribution in [0, 0.1) is 72.8 Å². The van der Waals surface area contributed by atoms with Gasteiger partial charge in [0.25, 0.3) is 0 Å². The number of carbonyl (C=O) groups is 3. The van der Waals surface area contributed by atoms with Gasteiger partial charge in [-0.05, 0) is 228 Å². The largest absolute Gasteiger partial charge is 0.460 e. The molecule has 15 heteroatoms. The van der Waals surface area contributed by atoms with Crippen LogP contribution in [-0.4, -0.2) is 152 Å². The van der Waals surface area contributed by atoms with Gasteiger partial charge in [0.05, 0.1) is 116 Å². The number of ether oxygens (including phenoxy) is 9. The zero-order valence-electron chi connectivity index (χ0n) is 59.0. The first-order valence-corrected chi connectivity index (χ1v) is 35.3. The van der Waals surface area contributed by atoms with E-state index in [9.17, 15) is 14.4 Å². The Hall–Kier alpha value is -12.4. The van der Waals surface area contributed by atoms with Gasteiger partial charge in [-0.1, -0.05) is 109 Å². The number of benzene rings is 12. The molecular weight excluding hydrogens is 1360 g/mol. The van der Waals surface area contributed by atoms with Crippen LogP contribution in [0.15, 0.2) is 200 Å². The number of hydrogen-bond donors (Lipinski definition) is 3. The number of fused-ring (bicyclic) bond motifs is 12. The number of aliphatic hydroxyl groups excluding tert-OH is 3. The molecule has 13 aromatic carbocycles. The van der Waals surface area contributed by atoms with Gasteiger partial charge in [0.15, 0.2) is 0 Å². The summed E-state index contributed by atoms with van der Waals surface area (Å²) < 4.78 is 49.6. The van der Waals surface area contributed by atoms with Gasteiger partial charge in [0, 0.05) is 64.6 Å². The maximum atomic E-state index is 13.8. The van der Waals surface area contributed by atoms with Gasteiger partial charge in [-0.3, -0.25) is 0 Å². The maximum Gasteiger partial charge on any atom is 0.338 e. The summed E-state index contributed by atoms with van der Waals surface area (Å²) >= 11 is 0. The highest BCUT2D eigenvalue weighted by molar-refractivity contribution is 6.04. The minimum atomic E-state index is -0.567. The van der Waals surface area contributed by atoms with Crippen molar-refractivity contribution in [1.29, 1.82) is 0 Å². The molecule has 0 fully saturated rings. The van der Waals surface area contributed by atoms with Crippen molar-refractivity contribution in [1.82, 2.24) is 0 Å². The van der Waals surface area contributed by atoms with E-state index in [-0.39, 0.29) is 116 Å². The van der Waals surface area contributed by atoms with Crippen LogP contribution in [-0.2, 0) is 42.6 Å². The van der Waals surface area contributed by atoms with E-state index in [1.54, 1.807) is 36.4 Å². The Morgan fingerprint density at radius 3 is 0.574 bits per heavy atom.